The van der Waals surface area contributed by atoms with Gasteiger partial charge < -0.3 is 4.74 Å². The van der Waals surface area contributed by atoms with Gasteiger partial charge in [0.05, 0.1) is 24.6 Å². The highest BCUT2D eigenvalue weighted by Gasteiger charge is 2.24. The zero-order chi connectivity index (χ0) is 9.83. The molecule has 4 heteroatoms. The van der Waals surface area contributed by atoms with Gasteiger partial charge in [0.2, 0.25) is 0 Å². The number of ether oxygens (including phenoxy) is 1. The number of fused-ring (bicyclic) bond motifs is 5. The standard InChI is InChI=1S/C11H12N2OS/c1-2-8-10(3-1)15-11-12-7-4-5-14-6-9(7)13(8)11/h1-6H2. The summed E-state index contributed by atoms with van der Waals surface area (Å²) in [5.41, 5.74) is 4.09. The first kappa shape index (κ1) is 8.30. The Bertz CT molecular complexity index is 540. The van der Waals surface area contributed by atoms with Gasteiger partial charge in [-0.25, -0.2) is 4.98 Å². The van der Waals surface area contributed by atoms with E-state index < -0.39 is 0 Å². The average Bonchev–Trinajstić information content (AvgIpc) is 2.85. The highest BCUT2D eigenvalue weighted by molar-refractivity contribution is 7.17. The number of thiazole rings is 1. The largest absolute Gasteiger partial charge is 0.375 e. The molecule has 15 heavy (non-hydrogen) atoms. The summed E-state index contributed by atoms with van der Waals surface area (Å²) < 4.78 is 7.90. The maximum Gasteiger partial charge on any atom is 0.194 e. The molecular formula is C11H12N2OS. The molecule has 2 aromatic rings. The lowest BCUT2D eigenvalue weighted by atomic mass is 10.2. The van der Waals surface area contributed by atoms with Crippen LogP contribution >= 0.6 is 11.3 Å². The Labute approximate surface area is 91.7 Å². The molecule has 0 fully saturated rings. The second kappa shape index (κ2) is 2.83. The number of nitrogens with zero attached hydrogens (tertiary/aromatic N) is 2. The second-order valence-electron chi connectivity index (χ2n) is 4.25. The molecular weight excluding hydrogens is 208 g/mol. The fourth-order valence-electron chi connectivity index (χ4n) is 2.66. The number of aromatic nitrogens is 2. The van der Waals surface area contributed by atoms with Crippen molar-refractivity contribution in [2.24, 2.45) is 0 Å². The van der Waals surface area contributed by atoms with Crippen molar-refractivity contribution in [2.75, 3.05) is 6.61 Å². The number of hydrogen-bond donors (Lipinski definition) is 0. The zero-order valence-corrected chi connectivity index (χ0v) is 9.27. The number of imidazole rings is 1. The maximum atomic E-state index is 5.54. The molecule has 0 atom stereocenters. The summed E-state index contributed by atoms with van der Waals surface area (Å²) in [6, 6.07) is 0. The zero-order valence-electron chi connectivity index (χ0n) is 8.45. The summed E-state index contributed by atoms with van der Waals surface area (Å²) in [4.78, 5) is 7.46. The molecule has 3 nitrogen and oxygen atoms in total. The van der Waals surface area contributed by atoms with Crippen molar-refractivity contribution >= 4 is 16.3 Å². The van der Waals surface area contributed by atoms with Crippen molar-refractivity contribution in [3.63, 3.8) is 0 Å². The average molecular weight is 220 g/mol. The summed E-state index contributed by atoms with van der Waals surface area (Å²) in [6.07, 6.45) is 4.76. The van der Waals surface area contributed by atoms with E-state index in [1.807, 2.05) is 11.3 Å². The molecule has 0 amide bonds. The Balaban J connectivity index is 2.06. The van der Waals surface area contributed by atoms with Crippen LogP contribution in [0.4, 0.5) is 0 Å². The molecule has 78 valence electrons. The normalized spacial score (nSPS) is 19.5. The highest BCUT2D eigenvalue weighted by Crippen LogP contribution is 2.33. The molecule has 0 N–H and O–H groups in total. The summed E-state index contributed by atoms with van der Waals surface area (Å²) >= 11 is 1.88. The van der Waals surface area contributed by atoms with E-state index in [2.05, 4.69) is 4.40 Å². The van der Waals surface area contributed by atoms with Crippen LogP contribution in [0.1, 0.15) is 28.4 Å². The first-order valence-electron chi connectivity index (χ1n) is 5.52. The molecule has 0 bridgehead atoms. The van der Waals surface area contributed by atoms with Crippen molar-refractivity contribution in [1.29, 1.82) is 0 Å². The van der Waals surface area contributed by atoms with Crippen LogP contribution in [0.3, 0.4) is 0 Å². The summed E-state index contributed by atoms with van der Waals surface area (Å²) in [5.74, 6) is 0. The fraction of sp³-hybridized carbons (Fsp3) is 0.545. The highest BCUT2D eigenvalue weighted by atomic mass is 32.1. The van der Waals surface area contributed by atoms with E-state index in [1.165, 1.54) is 41.3 Å². The van der Waals surface area contributed by atoms with Gasteiger partial charge in [-0.05, 0) is 19.3 Å². The van der Waals surface area contributed by atoms with Gasteiger partial charge in [-0.1, -0.05) is 0 Å². The fourth-order valence-corrected chi connectivity index (χ4v) is 3.91. The minimum Gasteiger partial charge on any atom is -0.375 e. The number of hydrogen-bond acceptors (Lipinski definition) is 3. The van der Waals surface area contributed by atoms with Gasteiger partial charge in [-0.2, -0.15) is 0 Å². The number of rotatable bonds is 0. The monoisotopic (exact) mass is 220 g/mol. The predicted octanol–water partition coefficient (Wildman–Crippen LogP) is 1.96. The maximum absolute atomic E-state index is 5.54. The lowest BCUT2D eigenvalue weighted by molar-refractivity contribution is 0.106. The van der Waals surface area contributed by atoms with Crippen LogP contribution in [0.15, 0.2) is 0 Å². The molecule has 1 aliphatic heterocycles. The Morgan fingerprint density at radius 3 is 3.20 bits per heavy atom. The van der Waals surface area contributed by atoms with Gasteiger partial charge >= 0.3 is 0 Å². The van der Waals surface area contributed by atoms with Crippen molar-refractivity contribution < 1.29 is 4.74 Å². The molecule has 0 aromatic carbocycles. The third kappa shape index (κ3) is 1.01. The summed E-state index contributed by atoms with van der Waals surface area (Å²) in [7, 11) is 0. The molecule has 3 heterocycles. The van der Waals surface area contributed by atoms with Gasteiger partial charge in [-0.3, -0.25) is 4.40 Å². The lowest BCUT2D eigenvalue weighted by Crippen LogP contribution is -2.11. The van der Waals surface area contributed by atoms with Crippen LogP contribution in [0.25, 0.3) is 4.96 Å². The molecule has 2 aliphatic rings. The van der Waals surface area contributed by atoms with Crippen LogP contribution in [0.2, 0.25) is 0 Å². The van der Waals surface area contributed by atoms with E-state index in [4.69, 9.17) is 9.72 Å². The van der Waals surface area contributed by atoms with Gasteiger partial charge in [0.25, 0.3) is 0 Å². The van der Waals surface area contributed by atoms with Crippen molar-refractivity contribution in [3.8, 4) is 0 Å². The third-order valence-corrected chi connectivity index (χ3v) is 4.51. The molecule has 0 saturated heterocycles. The molecule has 2 aromatic heterocycles. The minimum atomic E-state index is 0.750. The van der Waals surface area contributed by atoms with Gasteiger partial charge in [0, 0.05) is 17.0 Å². The van der Waals surface area contributed by atoms with E-state index in [9.17, 15) is 0 Å². The van der Waals surface area contributed by atoms with Gasteiger partial charge in [-0.15, -0.1) is 11.3 Å². The van der Waals surface area contributed by atoms with Crippen LogP contribution < -0.4 is 0 Å². The Morgan fingerprint density at radius 1 is 1.20 bits per heavy atom. The van der Waals surface area contributed by atoms with Crippen molar-refractivity contribution in [3.05, 3.63) is 22.0 Å². The Kier molecular flexibility index (Phi) is 1.57. The van der Waals surface area contributed by atoms with E-state index in [1.54, 1.807) is 4.88 Å². The number of aryl methyl sites for hydroxylation is 2. The summed E-state index contributed by atoms with van der Waals surface area (Å²) in [5, 5.41) is 0. The van der Waals surface area contributed by atoms with Crippen LogP contribution in [-0.4, -0.2) is 16.0 Å². The summed E-state index contributed by atoms with van der Waals surface area (Å²) in [6.45, 7) is 1.58. The van der Waals surface area contributed by atoms with E-state index in [0.717, 1.165) is 19.6 Å². The second-order valence-corrected chi connectivity index (χ2v) is 5.31. The quantitative estimate of drug-likeness (QED) is 0.678. The van der Waals surface area contributed by atoms with Gasteiger partial charge in [0.1, 0.15) is 0 Å². The lowest BCUT2D eigenvalue weighted by Gasteiger charge is -2.11. The SMILES string of the molecule is C1Cc2sc3nc4c(n3c2C1)COCC4. The van der Waals surface area contributed by atoms with E-state index in [0.29, 0.717) is 0 Å². The smallest absolute Gasteiger partial charge is 0.194 e. The molecule has 0 radical (unpaired) electrons. The van der Waals surface area contributed by atoms with E-state index >= 15 is 0 Å². The molecule has 1 aliphatic carbocycles. The minimum absolute atomic E-state index is 0.750. The van der Waals surface area contributed by atoms with Gasteiger partial charge in [0.15, 0.2) is 4.96 Å². The Hall–Kier alpha value is -0.870. The molecule has 4 rings (SSSR count). The van der Waals surface area contributed by atoms with Crippen LogP contribution in [0, 0.1) is 0 Å². The molecule has 0 saturated carbocycles. The van der Waals surface area contributed by atoms with Crippen molar-refractivity contribution in [1.82, 2.24) is 9.38 Å². The third-order valence-electron chi connectivity index (χ3n) is 3.37. The predicted molar refractivity (Wildman–Crippen MR) is 58.5 cm³/mol. The molecule has 0 spiro atoms. The first-order chi connectivity index (χ1) is 7.43. The van der Waals surface area contributed by atoms with Crippen molar-refractivity contribution in [2.45, 2.75) is 32.3 Å². The van der Waals surface area contributed by atoms with Crippen LogP contribution in [-0.2, 0) is 30.6 Å². The Morgan fingerprint density at radius 2 is 2.20 bits per heavy atom. The van der Waals surface area contributed by atoms with E-state index in [-0.39, 0.29) is 0 Å². The topological polar surface area (TPSA) is 26.5 Å². The first-order valence-corrected chi connectivity index (χ1v) is 6.33. The molecule has 0 unspecified atom stereocenters. The van der Waals surface area contributed by atoms with Crippen LogP contribution in [0.5, 0.6) is 0 Å².